The minimum absolute atomic E-state index is 0.684. The Balaban J connectivity index is 1.43. The number of nitrogens with zero attached hydrogens (tertiary/aromatic N) is 2. The molecule has 0 aliphatic heterocycles. The Kier molecular flexibility index (Phi) is 5.31. The van der Waals surface area contributed by atoms with Crippen LogP contribution in [0.2, 0.25) is 0 Å². The summed E-state index contributed by atoms with van der Waals surface area (Å²) in [4.78, 5) is 2.59. The van der Waals surface area contributed by atoms with Gasteiger partial charge in [0.15, 0.2) is 0 Å². The molecule has 0 fully saturated rings. The van der Waals surface area contributed by atoms with E-state index >= 15 is 0 Å². The van der Waals surface area contributed by atoms with Crippen molar-refractivity contribution in [3.8, 4) is 20.9 Å². The number of rotatable bonds is 4. The molecule has 0 saturated heterocycles. The Labute approximate surface area is 217 Å². The van der Waals surface area contributed by atoms with Crippen LogP contribution in [-0.2, 0) is 0 Å². The highest BCUT2D eigenvalue weighted by molar-refractivity contribution is 8.33. The van der Waals surface area contributed by atoms with Crippen molar-refractivity contribution in [1.29, 1.82) is 0 Å². The van der Waals surface area contributed by atoms with E-state index in [9.17, 15) is 0 Å². The molecule has 0 radical (unpaired) electrons. The van der Waals surface area contributed by atoms with Crippen LogP contribution in [0.25, 0.3) is 50.7 Å². The quantitative estimate of drug-likeness (QED) is 0.213. The van der Waals surface area contributed by atoms with Gasteiger partial charge in [-0.2, -0.15) is 8.75 Å². The van der Waals surface area contributed by atoms with Gasteiger partial charge in [-0.25, -0.2) is 20.1 Å². The number of hydrogen-bond acceptors (Lipinski definition) is 7. The van der Waals surface area contributed by atoms with E-state index in [1.807, 2.05) is 45.3 Å². The lowest BCUT2D eigenvalue weighted by Gasteiger charge is -2.22. The highest BCUT2D eigenvalue weighted by Gasteiger charge is 2.20. The Morgan fingerprint density at radius 2 is 0.939 bits per heavy atom. The van der Waals surface area contributed by atoms with E-state index in [-0.39, 0.29) is 0 Å². The Morgan fingerprint density at radius 1 is 0.545 bits per heavy atom. The number of fused-ring (bicyclic) bond motifs is 3. The van der Waals surface area contributed by atoms with Gasteiger partial charge in [-0.05, 0) is 61.8 Å². The van der Waals surface area contributed by atoms with E-state index in [2.05, 4.69) is 73.9 Å². The van der Waals surface area contributed by atoms with Gasteiger partial charge in [0.2, 0.25) is 0 Å². The lowest BCUT2D eigenvalue weighted by atomic mass is 10.1. The van der Waals surface area contributed by atoms with Crippen molar-refractivity contribution in [2.45, 2.75) is 8.42 Å². The molecule has 5 heterocycles. The first kappa shape index (κ1) is 22.5. The third-order valence-electron chi connectivity index (χ3n) is 5.52. The molecule has 172 valence electrons. The van der Waals surface area contributed by atoms with Gasteiger partial charge in [0.25, 0.3) is 0 Å². The first-order valence-electron chi connectivity index (χ1n) is 10.3. The first-order chi connectivity index (χ1) is 15.6. The third-order valence-corrected chi connectivity index (χ3v) is 16.4. The zero-order valence-corrected chi connectivity index (χ0v) is 24.9. The maximum atomic E-state index is 4.74. The fourth-order valence-electron chi connectivity index (χ4n) is 3.76. The molecule has 1 aromatic carbocycles. The van der Waals surface area contributed by atoms with Gasteiger partial charge in [-0.1, -0.05) is 12.1 Å². The molecule has 6 rings (SSSR count). The van der Waals surface area contributed by atoms with E-state index in [0.29, 0.717) is 0 Å². The maximum Gasteiger partial charge on any atom is 0.114 e. The van der Waals surface area contributed by atoms with Gasteiger partial charge >= 0.3 is 0 Å². The van der Waals surface area contributed by atoms with Gasteiger partial charge in [0, 0.05) is 48.1 Å². The third kappa shape index (κ3) is 3.90. The zero-order valence-electron chi connectivity index (χ0n) is 19.2. The summed E-state index contributed by atoms with van der Waals surface area (Å²) in [5.41, 5.74) is 4.48. The first-order valence-corrected chi connectivity index (χ1v) is 20.0. The fourth-order valence-corrected chi connectivity index (χ4v) is 12.3. The Morgan fingerprint density at radius 3 is 1.30 bits per heavy atom. The molecule has 0 saturated carbocycles. The largest absolute Gasteiger partial charge is 0.214 e. The number of benzene rings is 1. The molecule has 9 heteroatoms. The summed E-state index contributed by atoms with van der Waals surface area (Å²) in [5, 5.41) is 0. The summed E-state index contributed by atoms with van der Waals surface area (Å²) in [6.45, 7) is 0. The average Bonchev–Trinajstić information content (AvgIpc) is 3.48. The van der Waals surface area contributed by atoms with E-state index < -0.39 is 20.1 Å². The molecule has 0 unspecified atom stereocenters. The second-order valence-electron chi connectivity index (χ2n) is 9.61. The van der Waals surface area contributed by atoms with Crippen LogP contribution in [0, 0.1) is 0 Å². The van der Waals surface area contributed by atoms with E-state index in [1.54, 1.807) is 0 Å². The summed E-state index contributed by atoms with van der Waals surface area (Å²) >= 11 is 8.99. The molecule has 0 aliphatic rings. The standard InChI is InChI=1S/C24H24N2S7/c1-32(2,3)21-11-19-17(29-21)9-15(27-19)13-7-8-14(24-23(13)25-31-26-24)16-10-18-20(28-16)12-22(30-18)33(4,5)6/h7-12H,1-6H3. The van der Waals surface area contributed by atoms with Crippen LogP contribution in [0.1, 0.15) is 0 Å². The van der Waals surface area contributed by atoms with Crippen molar-refractivity contribution in [2.75, 3.05) is 37.5 Å². The molecule has 0 amide bonds. The van der Waals surface area contributed by atoms with Crippen molar-refractivity contribution in [3.63, 3.8) is 0 Å². The second-order valence-corrected chi connectivity index (χ2v) is 23.2. The van der Waals surface area contributed by atoms with Crippen LogP contribution in [-0.4, -0.2) is 46.3 Å². The van der Waals surface area contributed by atoms with Gasteiger partial charge in [0.1, 0.15) is 11.0 Å². The molecule has 0 aliphatic carbocycles. The molecule has 0 bridgehead atoms. The lowest BCUT2D eigenvalue weighted by molar-refractivity contribution is 1.64. The normalized spacial score (nSPS) is 14.1. The molecule has 33 heavy (non-hydrogen) atoms. The lowest BCUT2D eigenvalue weighted by Crippen LogP contribution is -1.87. The van der Waals surface area contributed by atoms with Gasteiger partial charge in [-0.3, -0.25) is 0 Å². The molecular formula is C24H24N2S7. The molecule has 0 atom stereocenters. The maximum absolute atomic E-state index is 4.74. The van der Waals surface area contributed by atoms with Crippen LogP contribution in [0.4, 0.5) is 0 Å². The van der Waals surface area contributed by atoms with Crippen molar-refractivity contribution in [2.24, 2.45) is 0 Å². The molecule has 6 aromatic rings. The smallest absolute Gasteiger partial charge is 0.114 e. The summed E-state index contributed by atoms with van der Waals surface area (Å²) in [6.07, 6.45) is 14.2. The van der Waals surface area contributed by atoms with Crippen molar-refractivity contribution >= 4 is 107 Å². The fraction of sp³-hybridized carbons (Fsp3) is 0.250. The number of aromatic nitrogens is 2. The van der Waals surface area contributed by atoms with Crippen LogP contribution in [0.5, 0.6) is 0 Å². The predicted octanol–water partition coefficient (Wildman–Crippen LogP) is 9.68. The molecular weight excluding hydrogens is 541 g/mol. The van der Waals surface area contributed by atoms with E-state index in [4.69, 9.17) is 8.75 Å². The topological polar surface area (TPSA) is 25.8 Å². The summed E-state index contributed by atoms with van der Waals surface area (Å²) in [7, 11) is -1.37. The molecule has 5 aromatic heterocycles. The van der Waals surface area contributed by atoms with Crippen molar-refractivity contribution in [3.05, 3.63) is 36.4 Å². The summed E-state index contributed by atoms with van der Waals surface area (Å²) < 4.78 is 18.1. The zero-order chi connectivity index (χ0) is 23.1. The Hall–Kier alpha value is -0.940. The average molecular weight is 565 g/mol. The predicted molar refractivity (Wildman–Crippen MR) is 162 cm³/mol. The van der Waals surface area contributed by atoms with Crippen LogP contribution < -0.4 is 0 Å². The molecule has 0 spiro atoms. The molecule has 2 nitrogen and oxygen atoms in total. The highest BCUT2D eigenvalue weighted by atomic mass is 32.3. The second kappa shape index (κ2) is 7.78. The van der Waals surface area contributed by atoms with E-state index in [1.165, 1.54) is 59.8 Å². The minimum Gasteiger partial charge on any atom is -0.214 e. The SMILES string of the molecule is CS(C)(C)c1cc2sc(-c3ccc(-c4cc5sc(S(C)(C)C)cc5s4)c4nsnc34)cc2s1. The Bertz CT molecular complexity index is 1460. The highest BCUT2D eigenvalue weighted by Crippen LogP contribution is 2.54. The summed E-state index contributed by atoms with van der Waals surface area (Å²) in [6, 6.07) is 14.0. The van der Waals surface area contributed by atoms with Crippen LogP contribution in [0.15, 0.2) is 44.8 Å². The van der Waals surface area contributed by atoms with Gasteiger partial charge in [0.05, 0.1) is 11.7 Å². The number of hydrogen-bond donors (Lipinski definition) is 0. The van der Waals surface area contributed by atoms with Crippen molar-refractivity contribution < 1.29 is 0 Å². The summed E-state index contributed by atoms with van der Waals surface area (Å²) in [5.74, 6) is 0. The minimum atomic E-state index is -0.684. The van der Waals surface area contributed by atoms with Gasteiger partial charge in [-0.15, -0.1) is 45.3 Å². The molecule has 0 N–H and O–H groups in total. The monoisotopic (exact) mass is 564 g/mol. The van der Waals surface area contributed by atoms with Crippen LogP contribution >= 0.6 is 77.1 Å². The van der Waals surface area contributed by atoms with E-state index in [0.717, 1.165) is 11.0 Å². The van der Waals surface area contributed by atoms with Crippen molar-refractivity contribution in [1.82, 2.24) is 8.75 Å². The van der Waals surface area contributed by atoms with Crippen LogP contribution in [0.3, 0.4) is 0 Å². The van der Waals surface area contributed by atoms with Gasteiger partial charge < -0.3 is 0 Å². The number of thiophene rings is 4.